The van der Waals surface area contributed by atoms with E-state index in [-0.39, 0.29) is 10.6 Å². The number of aryl methyl sites for hydroxylation is 1. The quantitative estimate of drug-likeness (QED) is 0.528. The summed E-state index contributed by atoms with van der Waals surface area (Å²) in [7, 11) is -3.51. The number of unbranched alkanes of at least 4 members (excludes halogenated alkanes) is 3. The van der Waals surface area contributed by atoms with Gasteiger partial charge in [0.05, 0.1) is 15.6 Å². The van der Waals surface area contributed by atoms with Gasteiger partial charge in [-0.3, -0.25) is 0 Å². The normalized spacial score (nSPS) is 11.8. The highest BCUT2D eigenvalue weighted by Crippen LogP contribution is 2.26. The van der Waals surface area contributed by atoms with Crippen LogP contribution in [0.1, 0.15) is 31.2 Å². The average molecular weight is 351 g/mol. The van der Waals surface area contributed by atoms with Gasteiger partial charge in [-0.15, -0.1) is 0 Å². The summed E-state index contributed by atoms with van der Waals surface area (Å²) >= 11 is 7.78. The molecule has 0 spiro atoms. The molecule has 4 nitrogen and oxygen atoms in total. The van der Waals surface area contributed by atoms with Gasteiger partial charge in [0, 0.05) is 6.54 Å². The summed E-state index contributed by atoms with van der Waals surface area (Å²) in [6, 6.07) is 2.94. The highest BCUT2D eigenvalue weighted by Gasteiger charge is 2.16. The Bertz CT molecular complexity index is 539. The summed E-state index contributed by atoms with van der Waals surface area (Å²) in [5.74, 6) is 1.16. The molecule has 21 heavy (non-hydrogen) atoms. The van der Waals surface area contributed by atoms with E-state index in [4.69, 9.17) is 17.3 Å². The molecule has 0 radical (unpaired) electrons. The van der Waals surface area contributed by atoms with Gasteiger partial charge in [-0.2, -0.15) is 11.8 Å². The monoisotopic (exact) mass is 350 g/mol. The van der Waals surface area contributed by atoms with Crippen LogP contribution in [0.4, 0.5) is 5.69 Å². The van der Waals surface area contributed by atoms with Crippen LogP contribution in [0.25, 0.3) is 0 Å². The molecule has 0 saturated carbocycles. The maximum absolute atomic E-state index is 12.2. The van der Waals surface area contributed by atoms with Gasteiger partial charge in [0.15, 0.2) is 0 Å². The third-order valence-electron chi connectivity index (χ3n) is 3.13. The molecule has 0 amide bonds. The Kier molecular flexibility index (Phi) is 7.87. The lowest BCUT2D eigenvalue weighted by Gasteiger charge is -2.10. The smallest absolute Gasteiger partial charge is 0.240 e. The van der Waals surface area contributed by atoms with Gasteiger partial charge in [-0.1, -0.05) is 24.4 Å². The van der Waals surface area contributed by atoms with E-state index in [0.29, 0.717) is 17.1 Å². The van der Waals surface area contributed by atoms with E-state index in [1.54, 1.807) is 13.0 Å². The van der Waals surface area contributed by atoms with Crippen LogP contribution >= 0.6 is 23.4 Å². The molecule has 1 aromatic rings. The first-order valence-corrected chi connectivity index (χ1v) is 10.2. The van der Waals surface area contributed by atoms with Gasteiger partial charge in [0.2, 0.25) is 10.0 Å². The number of nitrogens with one attached hydrogen (secondary N) is 1. The SMILES string of the molecule is CSCCCCCCNS(=O)(=O)c1cc(C)c(Cl)c(N)c1. The number of hydrogen-bond acceptors (Lipinski definition) is 4. The number of thioether (sulfide) groups is 1. The van der Waals surface area contributed by atoms with Crippen molar-refractivity contribution in [3.8, 4) is 0 Å². The third-order valence-corrected chi connectivity index (χ3v) is 5.79. The van der Waals surface area contributed by atoms with Crippen molar-refractivity contribution in [3.05, 3.63) is 22.7 Å². The van der Waals surface area contributed by atoms with Gasteiger partial charge in [-0.05, 0) is 49.5 Å². The fraction of sp³-hybridized carbons (Fsp3) is 0.571. The molecule has 0 heterocycles. The van der Waals surface area contributed by atoms with E-state index in [1.807, 2.05) is 11.8 Å². The number of halogens is 1. The number of anilines is 1. The average Bonchev–Trinajstić information content (AvgIpc) is 2.43. The Morgan fingerprint density at radius 2 is 1.90 bits per heavy atom. The summed E-state index contributed by atoms with van der Waals surface area (Å²) in [4.78, 5) is 0.171. The molecule has 0 aromatic heterocycles. The Morgan fingerprint density at radius 3 is 2.52 bits per heavy atom. The maximum Gasteiger partial charge on any atom is 0.240 e. The van der Waals surface area contributed by atoms with Crippen LogP contribution in [0.2, 0.25) is 5.02 Å². The van der Waals surface area contributed by atoms with Crippen molar-refractivity contribution in [3.63, 3.8) is 0 Å². The van der Waals surface area contributed by atoms with Crippen molar-refractivity contribution in [1.29, 1.82) is 0 Å². The van der Waals surface area contributed by atoms with E-state index in [0.717, 1.165) is 25.0 Å². The molecule has 1 rings (SSSR count). The van der Waals surface area contributed by atoms with Gasteiger partial charge >= 0.3 is 0 Å². The lowest BCUT2D eigenvalue weighted by atomic mass is 10.2. The van der Waals surface area contributed by atoms with Crippen molar-refractivity contribution in [2.45, 2.75) is 37.5 Å². The second kappa shape index (κ2) is 8.88. The molecular formula is C14H23ClN2O2S2. The lowest BCUT2D eigenvalue weighted by molar-refractivity contribution is 0.574. The number of nitrogens with two attached hydrogens (primary N) is 1. The van der Waals surface area contributed by atoms with Crippen LogP contribution in [-0.2, 0) is 10.0 Å². The number of nitrogen functional groups attached to an aromatic ring is 1. The molecule has 3 N–H and O–H groups in total. The lowest BCUT2D eigenvalue weighted by Crippen LogP contribution is -2.25. The van der Waals surface area contributed by atoms with Crippen molar-refractivity contribution in [1.82, 2.24) is 4.72 Å². The van der Waals surface area contributed by atoms with Crippen molar-refractivity contribution in [2.24, 2.45) is 0 Å². The molecule has 0 aliphatic rings. The number of rotatable bonds is 9. The molecule has 120 valence electrons. The Morgan fingerprint density at radius 1 is 1.24 bits per heavy atom. The number of sulfonamides is 1. The minimum absolute atomic E-state index is 0.171. The molecule has 0 saturated heterocycles. The highest BCUT2D eigenvalue weighted by molar-refractivity contribution is 7.98. The second-order valence-electron chi connectivity index (χ2n) is 4.95. The van der Waals surface area contributed by atoms with Crippen LogP contribution in [0.5, 0.6) is 0 Å². The minimum atomic E-state index is -3.51. The zero-order valence-electron chi connectivity index (χ0n) is 12.5. The van der Waals surface area contributed by atoms with Crippen molar-refractivity contribution in [2.75, 3.05) is 24.3 Å². The Hall–Kier alpha value is -0.430. The predicted molar refractivity (Wildman–Crippen MR) is 92.6 cm³/mol. The van der Waals surface area contributed by atoms with Gasteiger partial charge < -0.3 is 5.73 Å². The summed E-state index contributed by atoms with van der Waals surface area (Å²) in [5, 5.41) is 0.405. The molecule has 0 aliphatic carbocycles. The first-order chi connectivity index (χ1) is 9.88. The minimum Gasteiger partial charge on any atom is -0.397 e. The number of benzene rings is 1. The molecule has 0 bridgehead atoms. The van der Waals surface area contributed by atoms with Crippen molar-refractivity contribution < 1.29 is 8.42 Å². The van der Waals surface area contributed by atoms with Gasteiger partial charge in [0.25, 0.3) is 0 Å². The molecule has 0 unspecified atom stereocenters. The third kappa shape index (κ3) is 6.06. The van der Waals surface area contributed by atoms with E-state index < -0.39 is 10.0 Å². The zero-order valence-corrected chi connectivity index (χ0v) is 14.9. The predicted octanol–water partition coefficient (Wildman–Crippen LogP) is 3.43. The van der Waals surface area contributed by atoms with Crippen LogP contribution in [0.3, 0.4) is 0 Å². The van der Waals surface area contributed by atoms with E-state index in [1.165, 1.54) is 12.5 Å². The van der Waals surface area contributed by atoms with Crippen LogP contribution in [0, 0.1) is 6.92 Å². The van der Waals surface area contributed by atoms with Crippen molar-refractivity contribution >= 4 is 39.1 Å². The van der Waals surface area contributed by atoms with Crippen LogP contribution in [0.15, 0.2) is 17.0 Å². The molecule has 0 atom stereocenters. The largest absolute Gasteiger partial charge is 0.397 e. The zero-order chi connectivity index (χ0) is 15.9. The Labute approximate surface area is 136 Å². The van der Waals surface area contributed by atoms with Crippen LogP contribution < -0.4 is 10.5 Å². The molecular weight excluding hydrogens is 328 g/mol. The highest BCUT2D eigenvalue weighted by atomic mass is 35.5. The first-order valence-electron chi connectivity index (χ1n) is 6.92. The van der Waals surface area contributed by atoms with Gasteiger partial charge in [0.1, 0.15) is 0 Å². The maximum atomic E-state index is 12.2. The fourth-order valence-electron chi connectivity index (χ4n) is 1.93. The fourth-order valence-corrected chi connectivity index (χ4v) is 3.73. The summed E-state index contributed by atoms with van der Waals surface area (Å²) in [5.41, 5.74) is 6.66. The van der Waals surface area contributed by atoms with E-state index in [9.17, 15) is 8.42 Å². The van der Waals surface area contributed by atoms with E-state index >= 15 is 0 Å². The molecule has 0 aliphatic heterocycles. The summed E-state index contributed by atoms with van der Waals surface area (Å²) in [6.07, 6.45) is 6.28. The van der Waals surface area contributed by atoms with Gasteiger partial charge in [-0.25, -0.2) is 13.1 Å². The molecule has 0 fully saturated rings. The standard InChI is InChI=1S/C14H23ClN2O2S2/c1-11-9-12(10-13(16)14(11)15)21(18,19)17-7-5-3-4-6-8-20-2/h9-10,17H,3-8,16H2,1-2H3. The van der Waals surface area contributed by atoms with Crippen LogP contribution in [-0.4, -0.2) is 27.0 Å². The number of hydrogen-bond donors (Lipinski definition) is 2. The first kappa shape index (κ1) is 18.6. The topological polar surface area (TPSA) is 72.2 Å². The molecule has 7 heteroatoms. The summed E-state index contributed by atoms with van der Waals surface area (Å²) in [6.45, 7) is 2.19. The molecule has 1 aromatic carbocycles. The summed E-state index contributed by atoms with van der Waals surface area (Å²) < 4.78 is 26.9. The Balaban J connectivity index is 2.51. The van der Waals surface area contributed by atoms with E-state index in [2.05, 4.69) is 11.0 Å². The second-order valence-corrected chi connectivity index (χ2v) is 8.08.